The quantitative estimate of drug-likeness (QED) is 0.904. The van der Waals surface area contributed by atoms with Gasteiger partial charge in [-0.1, -0.05) is 6.07 Å². The van der Waals surface area contributed by atoms with E-state index in [0.717, 1.165) is 5.56 Å². The Bertz CT molecular complexity index is 657. The van der Waals surface area contributed by atoms with E-state index in [0.29, 0.717) is 31.1 Å². The van der Waals surface area contributed by atoms with E-state index in [1.807, 2.05) is 6.07 Å². The van der Waals surface area contributed by atoms with Crippen LogP contribution < -0.4 is 5.32 Å². The molecule has 0 saturated carbocycles. The molecule has 0 aliphatic carbocycles. The first kappa shape index (κ1) is 13.3. The molecule has 0 aromatic carbocycles. The largest absolute Gasteiger partial charge is 0.435 e. The fraction of sp³-hybridized carbons (Fsp3) is 0.286. The van der Waals surface area contributed by atoms with Crippen LogP contribution in [0.4, 0.5) is 0 Å². The van der Waals surface area contributed by atoms with Gasteiger partial charge in [0.15, 0.2) is 0 Å². The van der Waals surface area contributed by atoms with Crippen molar-refractivity contribution in [3.63, 3.8) is 0 Å². The predicted octanol–water partition coefficient (Wildman–Crippen LogP) is 0.862. The van der Waals surface area contributed by atoms with Gasteiger partial charge in [0.25, 0.3) is 5.89 Å². The van der Waals surface area contributed by atoms with Crippen LogP contribution in [0.2, 0.25) is 0 Å². The van der Waals surface area contributed by atoms with E-state index in [4.69, 9.17) is 4.42 Å². The molecule has 108 valence electrons. The number of nitrogens with one attached hydrogen (secondary N) is 1. The molecule has 0 bridgehead atoms. The number of pyridine rings is 1. The maximum atomic E-state index is 12.0. The summed E-state index contributed by atoms with van der Waals surface area (Å²) >= 11 is 0. The monoisotopic (exact) mass is 286 g/mol. The third-order valence-electron chi connectivity index (χ3n) is 3.27. The number of amides is 2. The first-order valence-electron chi connectivity index (χ1n) is 6.54. The average molecular weight is 286 g/mol. The van der Waals surface area contributed by atoms with Crippen molar-refractivity contribution in [1.29, 1.82) is 0 Å². The molecule has 1 aliphatic heterocycles. The highest BCUT2D eigenvalue weighted by Gasteiger charge is 2.28. The lowest BCUT2D eigenvalue weighted by molar-refractivity contribution is -0.129. The van der Waals surface area contributed by atoms with Crippen molar-refractivity contribution in [3.05, 3.63) is 47.4 Å². The van der Waals surface area contributed by atoms with Crippen molar-refractivity contribution in [3.8, 4) is 0 Å². The lowest BCUT2D eigenvalue weighted by Gasteiger charge is -2.10. The molecule has 3 rings (SSSR count). The first-order valence-corrected chi connectivity index (χ1v) is 6.54. The van der Waals surface area contributed by atoms with Gasteiger partial charge < -0.3 is 14.6 Å². The first-order chi connectivity index (χ1) is 10.1. The number of carbonyl (C=O) groups is 2. The van der Waals surface area contributed by atoms with Crippen LogP contribution >= 0.6 is 0 Å². The molecular weight excluding hydrogens is 272 g/mol. The van der Waals surface area contributed by atoms with E-state index < -0.39 is 0 Å². The molecule has 1 N–H and O–H groups in total. The SMILES string of the molecule is CC(=O)N1Cc2nc(C(=O)NCc3cccnc3)oc2C1. The van der Waals surface area contributed by atoms with Crippen LogP contribution in [0.5, 0.6) is 0 Å². The van der Waals surface area contributed by atoms with E-state index in [2.05, 4.69) is 15.3 Å². The summed E-state index contributed by atoms with van der Waals surface area (Å²) in [4.78, 5) is 33.0. The fourth-order valence-corrected chi connectivity index (χ4v) is 2.12. The number of hydrogen-bond acceptors (Lipinski definition) is 5. The Kier molecular flexibility index (Phi) is 3.39. The molecule has 7 heteroatoms. The summed E-state index contributed by atoms with van der Waals surface area (Å²) < 4.78 is 5.42. The van der Waals surface area contributed by atoms with Crippen molar-refractivity contribution in [2.45, 2.75) is 26.6 Å². The molecule has 0 spiro atoms. The van der Waals surface area contributed by atoms with Gasteiger partial charge in [0.2, 0.25) is 5.91 Å². The molecule has 0 radical (unpaired) electrons. The third-order valence-corrected chi connectivity index (χ3v) is 3.27. The van der Waals surface area contributed by atoms with Crippen LogP contribution in [-0.4, -0.2) is 26.7 Å². The Labute approximate surface area is 121 Å². The number of carbonyl (C=O) groups excluding carboxylic acids is 2. The highest BCUT2D eigenvalue weighted by molar-refractivity contribution is 5.89. The Balaban J connectivity index is 1.63. The normalized spacial score (nSPS) is 13.1. The third kappa shape index (κ3) is 2.76. The summed E-state index contributed by atoms with van der Waals surface area (Å²) in [6.07, 6.45) is 3.35. The molecule has 0 saturated heterocycles. The Morgan fingerprint density at radius 1 is 1.43 bits per heavy atom. The van der Waals surface area contributed by atoms with Gasteiger partial charge in [0.05, 0.1) is 13.1 Å². The summed E-state index contributed by atoms with van der Waals surface area (Å²) in [6, 6.07) is 3.67. The topological polar surface area (TPSA) is 88.3 Å². The summed E-state index contributed by atoms with van der Waals surface area (Å²) in [6.45, 7) is 2.62. The molecule has 21 heavy (non-hydrogen) atoms. The van der Waals surface area contributed by atoms with Crippen LogP contribution in [0.25, 0.3) is 0 Å². The number of aromatic nitrogens is 2. The zero-order chi connectivity index (χ0) is 14.8. The minimum Gasteiger partial charge on any atom is -0.435 e. The molecule has 0 fully saturated rings. The van der Waals surface area contributed by atoms with Crippen LogP contribution in [0.3, 0.4) is 0 Å². The van der Waals surface area contributed by atoms with E-state index in [1.54, 1.807) is 23.4 Å². The summed E-state index contributed by atoms with van der Waals surface area (Å²) in [5, 5.41) is 2.72. The van der Waals surface area contributed by atoms with Gasteiger partial charge in [-0.2, -0.15) is 0 Å². The van der Waals surface area contributed by atoms with Gasteiger partial charge in [0, 0.05) is 25.9 Å². The minimum atomic E-state index is -0.373. The fourth-order valence-electron chi connectivity index (χ4n) is 2.12. The molecule has 2 aromatic rings. The second kappa shape index (κ2) is 5.35. The zero-order valence-electron chi connectivity index (χ0n) is 11.5. The average Bonchev–Trinajstić information content (AvgIpc) is 3.04. The van der Waals surface area contributed by atoms with Crippen molar-refractivity contribution in [2.24, 2.45) is 0 Å². The molecular formula is C14H14N4O3. The van der Waals surface area contributed by atoms with Crippen molar-refractivity contribution in [1.82, 2.24) is 20.2 Å². The molecule has 0 unspecified atom stereocenters. The highest BCUT2D eigenvalue weighted by atomic mass is 16.4. The van der Waals surface area contributed by atoms with Crippen LogP contribution in [-0.2, 0) is 24.4 Å². The van der Waals surface area contributed by atoms with Gasteiger partial charge >= 0.3 is 5.91 Å². The lowest BCUT2D eigenvalue weighted by atomic mass is 10.3. The summed E-state index contributed by atoms with van der Waals surface area (Å²) in [5.74, 6) is 0.206. The Morgan fingerprint density at radius 2 is 2.29 bits per heavy atom. The van der Waals surface area contributed by atoms with E-state index in [-0.39, 0.29) is 17.7 Å². The highest BCUT2D eigenvalue weighted by Crippen LogP contribution is 2.23. The van der Waals surface area contributed by atoms with Crippen molar-refractivity contribution >= 4 is 11.8 Å². The molecule has 7 nitrogen and oxygen atoms in total. The molecule has 0 atom stereocenters. The lowest BCUT2D eigenvalue weighted by Crippen LogP contribution is -2.25. The van der Waals surface area contributed by atoms with Gasteiger partial charge in [0.1, 0.15) is 11.5 Å². The second-order valence-electron chi connectivity index (χ2n) is 4.81. The van der Waals surface area contributed by atoms with Crippen LogP contribution in [0.15, 0.2) is 28.9 Å². The van der Waals surface area contributed by atoms with Gasteiger partial charge in [-0.3, -0.25) is 14.6 Å². The number of oxazole rings is 1. The smallest absolute Gasteiger partial charge is 0.307 e. The molecule has 2 amide bonds. The molecule has 2 aromatic heterocycles. The van der Waals surface area contributed by atoms with E-state index in [9.17, 15) is 9.59 Å². The van der Waals surface area contributed by atoms with Gasteiger partial charge in [-0.15, -0.1) is 0 Å². The molecule has 3 heterocycles. The number of rotatable bonds is 3. The zero-order valence-corrected chi connectivity index (χ0v) is 11.5. The standard InChI is InChI=1S/C14H14N4O3/c1-9(19)18-7-11-12(8-18)21-14(17-11)13(20)16-6-10-3-2-4-15-5-10/h2-5H,6-8H2,1H3,(H,16,20). The molecule has 1 aliphatic rings. The van der Waals surface area contributed by atoms with Crippen molar-refractivity contribution < 1.29 is 14.0 Å². The number of nitrogens with zero attached hydrogens (tertiary/aromatic N) is 3. The predicted molar refractivity (Wildman–Crippen MR) is 71.8 cm³/mol. The maximum Gasteiger partial charge on any atom is 0.307 e. The van der Waals surface area contributed by atoms with E-state index >= 15 is 0 Å². The summed E-state index contributed by atoms with van der Waals surface area (Å²) in [5.41, 5.74) is 1.55. The maximum absolute atomic E-state index is 12.0. The Morgan fingerprint density at radius 3 is 2.95 bits per heavy atom. The number of hydrogen-bond donors (Lipinski definition) is 1. The van der Waals surface area contributed by atoms with Crippen LogP contribution in [0.1, 0.15) is 34.6 Å². The second-order valence-corrected chi connectivity index (χ2v) is 4.81. The van der Waals surface area contributed by atoms with Gasteiger partial charge in [-0.05, 0) is 11.6 Å². The Hall–Kier alpha value is -2.70. The van der Waals surface area contributed by atoms with Crippen molar-refractivity contribution in [2.75, 3.05) is 0 Å². The van der Waals surface area contributed by atoms with E-state index in [1.165, 1.54) is 6.92 Å². The summed E-state index contributed by atoms with van der Waals surface area (Å²) in [7, 11) is 0. The van der Waals surface area contributed by atoms with Crippen LogP contribution in [0, 0.1) is 0 Å². The van der Waals surface area contributed by atoms with Gasteiger partial charge in [-0.25, -0.2) is 4.98 Å². The number of fused-ring (bicyclic) bond motifs is 1. The minimum absolute atomic E-state index is 0.0343.